The fourth-order valence-electron chi connectivity index (χ4n) is 2.83. The number of hydrogen-bond donors (Lipinski definition) is 1. The zero-order chi connectivity index (χ0) is 19.8. The van der Waals surface area contributed by atoms with Crippen LogP contribution in [0.25, 0.3) is 10.8 Å². The molecule has 3 aromatic carbocycles. The molecule has 0 aliphatic carbocycles. The molecule has 0 saturated heterocycles. The molecule has 3 rings (SSSR count). The molecule has 0 aliphatic rings. The first kappa shape index (κ1) is 19.0. The zero-order valence-electron chi connectivity index (χ0n) is 14.5. The second-order valence-electron chi connectivity index (χ2n) is 6.01. The minimum absolute atomic E-state index is 0.288. The summed E-state index contributed by atoms with van der Waals surface area (Å²) in [5.41, 5.74) is 2.14. The number of rotatable bonds is 4. The van der Waals surface area contributed by atoms with Crippen molar-refractivity contribution < 1.29 is 26.3 Å². The highest BCUT2D eigenvalue weighted by Crippen LogP contribution is 2.34. The van der Waals surface area contributed by atoms with Gasteiger partial charge >= 0.3 is 6.36 Å². The van der Waals surface area contributed by atoms with E-state index in [0.29, 0.717) is 5.39 Å². The lowest BCUT2D eigenvalue weighted by atomic mass is 9.99. The summed E-state index contributed by atoms with van der Waals surface area (Å²) in [6, 6.07) is 13.5. The fraction of sp³-hybridized carbons (Fsp3) is 0.158. The van der Waals surface area contributed by atoms with E-state index in [1.165, 1.54) is 12.1 Å². The van der Waals surface area contributed by atoms with E-state index in [4.69, 9.17) is 0 Å². The van der Waals surface area contributed by atoms with Crippen LogP contribution in [0.15, 0.2) is 59.5 Å². The molecule has 4 nitrogen and oxygen atoms in total. The Morgan fingerprint density at radius 3 is 2.19 bits per heavy atom. The van der Waals surface area contributed by atoms with Crippen molar-refractivity contribution in [1.29, 1.82) is 0 Å². The van der Waals surface area contributed by atoms with E-state index < -0.39 is 27.0 Å². The van der Waals surface area contributed by atoms with Gasteiger partial charge in [0.2, 0.25) is 0 Å². The quantitative estimate of drug-likeness (QED) is 0.664. The van der Waals surface area contributed by atoms with E-state index in [0.717, 1.165) is 28.6 Å². The smallest absolute Gasteiger partial charge is 0.404 e. The maximum absolute atomic E-state index is 12.8. The molecule has 0 amide bonds. The third-order valence-electron chi connectivity index (χ3n) is 4.18. The molecule has 8 heteroatoms. The van der Waals surface area contributed by atoms with Gasteiger partial charge in [-0.2, -0.15) is 0 Å². The summed E-state index contributed by atoms with van der Waals surface area (Å²) in [6.07, 6.45) is -5.00. The standard InChI is InChI=1S/C19H16F3NO3S/c1-12-11-16(15-8-4-3-7-14(15)13(12)2)23-27(24,25)18-10-6-5-9-17(18)26-19(20,21)22/h3-11,23H,1-2H3. The van der Waals surface area contributed by atoms with Crippen molar-refractivity contribution in [2.75, 3.05) is 4.72 Å². The van der Waals surface area contributed by atoms with E-state index >= 15 is 0 Å². The van der Waals surface area contributed by atoms with E-state index in [9.17, 15) is 21.6 Å². The van der Waals surface area contributed by atoms with Gasteiger partial charge in [0, 0.05) is 5.39 Å². The predicted molar refractivity (Wildman–Crippen MR) is 97.4 cm³/mol. The van der Waals surface area contributed by atoms with Crippen molar-refractivity contribution in [2.45, 2.75) is 25.1 Å². The largest absolute Gasteiger partial charge is 0.573 e. The molecule has 0 saturated carbocycles. The van der Waals surface area contributed by atoms with Crippen molar-refractivity contribution in [3.05, 3.63) is 65.7 Å². The fourth-order valence-corrected chi connectivity index (χ4v) is 4.03. The monoisotopic (exact) mass is 395 g/mol. The molecule has 142 valence electrons. The summed E-state index contributed by atoms with van der Waals surface area (Å²) in [5, 5.41) is 1.51. The van der Waals surface area contributed by atoms with E-state index in [2.05, 4.69) is 9.46 Å². The summed E-state index contributed by atoms with van der Waals surface area (Å²) in [7, 11) is -4.31. The van der Waals surface area contributed by atoms with Gasteiger partial charge in [0.25, 0.3) is 10.0 Å². The number of sulfonamides is 1. The minimum atomic E-state index is -5.00. The number of anilines is 1. The van der Waals surface area contributed by atoms with E-state index in [-0.39, 0.29) is 5.69 Å². The highest BCUT2D eigenvalue weighted by molar-refractivity contribution is 7.92. The van der Waals surface area contributed by atoms with Crippen LogP contribution in [-0.4, -0.2) is 14.8 Å². The summed E-state index contributed by atoms with van der Waals surface area (Å²) in [4.78, 5) is -0.593. The second-order valence-corrected chi connectivity index (χ2v) is 7.66. The van der Waals surface area contributed by atoms with Gasteiger partial charge in [0.1, 0.15) is 10.6 Å². The van der Waals surface area contributed by atoms with Crippen LogP contribution in [0.1, 0.15) is 11.1 Å². The molecule has 0 radical (unpaired) electrons. The number of alkyl halides is 3. The molecular weight excluding hydrogens is 379 g/mol. The summed E-state index contributed by atoms with van der Waals surface area (Å²) in [5.74, 6) is -0.786. The number of fused-ring (bicyclic) bond motifs is 1. The average Bonchev–Trinajstić information content (AvgIpc) is 2.58. The van der Waals surface area contributed by atoms with Gasteiger partial charge in [-0.1, -0.05) is 36.4 Å². The summed E-state index contributed by atoms with van der Waals surface area (Å²) >= 11 is 0. The zero-order valence-corrected chi connectivity index (χ0v) is 15.3. The van der Waals surface area contributed by atoms with Crippen LogP contribution in [-0.2, 0) is 10.0 Å². The molecule has 0 heterocycles. The Kier molecular flexibility index (Phi) is 4.77. The van der Waals surface area contributed by atoms with Crippen LogP contribution < -0.4 is 9.46 Å². The second kappa shape index (κ2) is 6.77. The topological polar surface area (TPSA) is 55.4 Å². The third-order valence-corrected chi connectivity index (χ3v) is 5.59. The predicted octanol–water partition coefficient (Wildman–Crippen LogP) is 5.16. The number of aryl methyl sites for hydroxylation is 2. The molecule has 3 aromatic rings. The Balaban J connectivity index is 2.10. The van der Waals surface area contributed by atoms with Crippen LogP contribution in [0, 0.1) is 13.8 Å². The van der Waals surface area contributed by atoms with Gasteiger partial charge in [-0.05, 0) is 48.6 Å². The number of para-hydroxylation sites is 1. The molecule has 0 fully saturated rings. The molecule has 0 spiro atoms. The molecule has 0 aliphatic heterocycles. The van der Waals surface area contributed by atoms with Gasteiger partial charge in [0.15, 0.2) is 0 Å². The first-order chi connectivity index (χ1) is 12.6. The summed E-state index contributed by atoms with van der Waals surface area (Å²) < 4.78 is 69.7. The highest BCUT2D eigenvalue weighted by atomic mass is 32.2. The number of halogens is 3. The van der Waals surface area contributed by atoms with Crippen LogP contribution in [0.3, 0.4) is 0 Å². The van der Waals surface area contributed by atoms with Gasteiger partial charge in [0.05, 0.1) is 5.69 Å². The molecule has 1 N–H and O–H groups in total. The molecule has 0 atom stereocenters. The Bertz CT molecular complexity index is 1110. The molecule has 0 unspecified atom stereocenters. The molecule has 0 aromatic heterocycles. The molecule has 27 heavy (non-hydrogen) atoms. The lowest BCUT2D eigenvalue weighted by Crippen LogP contribution is -2.21. The van der Waals surface area contributed by atoms with Crippen molar-refractivity contribution >= 4 is 26.5 Å². The molecule has 0 bridgehead atoms. The van der Waals surface area contributed by atoms with Gasteiger partial charge in [-0.25, -0.2) is 8.42 Å². The Labute approximate surface area is 154 Å². The van der Waals surface area contributed by atoms with Gasteiger partial charge in [-0.15, -0.1) is 13.2 Å². The normalized spacial score (nSPS) is 12.2. The lowest BCUT2D eigenvalue weighted by Gasteiger charge is -2.16. The third kappa shape index (κ3) is 4.00. The average molecular weight is 395 g/mol. The van der Waals surface area contributed by atoms with E-state index in [1.807, 2.05) is 26.0 Å². The van der Waals surface area contributed by atoms with Crippen LogP contribution in [0.4, 0.5) is 18.9 Å². The maximum Gasteiger partial charge on any atom is 0.573 e. The van der Waals surface area contributed by atoms with Crippen LogP contribution in [0.2, 0.25) is 0 Å². The van der Waals surface area contributed by atoms with Crippen molar-refractivity contribution in [3.63, 3.8) is 0 Å². The molecular formula is C19H16F3NO3S. The maximum atomic E-state index is 12.8. The first-order valence-electron chi connectivity index (χ1n) is 7.95. The minimum Gasteiger partial charge on any atom is -0.404 e. The van der Waals surface area contributed by atoms with Crippen molar-refractivity contribution in [1.82, 2.24) is 0 Å². The highest BCUT2D eigenvalue weighted by Gasteiger charge is 2.34. The lowest BCUT2D eigenvalue weighted by molar-refractivity contribution is -0.275. The Morgan fingerprint density at radius 1 is 0.926 bits per heavy atom. The Hall–Kier alpha value is -2.74. The SMILES string of the molecule is Cc1cc(NS(=O)(=O)c2ccccc2OC(F)(F)F)c2ccccc2c1C. The van der Waals surface area contributed by atoms with E-state index in [1.54, 1.807) is 18.2 Å². The van der Waals surface area contributed by atoms with Gasteiger partial charge in [-0.3, -0.25) is 4.72 Å². The number of benzene rings is 3. The van der Waals surface area contributed by atoms with Crippen LogP contribution in [0.5, 0.6) is 5.75 Å². The van der Waals surface area contributed by atoms with Crippen molar-refractivity contribution in [2.24, 2.45) is 0 Å². The first-order valence-corrected chi connectivity index (χ1v) is 9.43. The Morgan fingerprint density at radius 2 is 1.52 bits per heavy atom. The number of hydrogen-bond acceptors (Lipinski definition) is 3. The van der Waals surface area contributed by atoms with Crippen molar-refractivity contribution in [3.8, 4) is 5.75 Å². The number of nitrogens with one attached hydrogen (secondary N) is 1. The van der Waals surface area contributed by atoms with Gasteiger partial charge < -0.3 is 4.74 Å². The number of ether oxygens (including phenoxy) is 1. The van der Waals surface area contributed by atoms with Crippen LogP contribution >= 0.6 is 0 Å². The summed E-state index contributed by atoms with van der Waals surface area (Å²) in [6.45, 7) is 3.75.